The predicted molar refractivity (Wildman–Crippen MR) is 48.3 cm³/mol. The van der Waals surface area contributed by atoms with Crippen LogP contribution in [0.4, 0.5) is 0 Å². The third kappa shape index (κ3) is 1.73. The summed E-state index contributed by atoms with van der Waals surface area (Å²) in [6.07, 6.45) is 0. The van der Waals surface area contributed by atoms with E-state index >= 15 is 0 Å². The maximum Gasteiger partial charge on any atom is 0.134 e. The summed E-state index contributed by atoms with van der Waals surface area (Å²) in [6, 6.07) is 2.37. The molecule has 0 aliphatic carbocycles. The molecule has 1 heterocycles. The van der Waals surface area contributed by atoms with E-state index in [1.807, 2.05) is 18.5 Å². The standard InChI is InChI=1S/C8H13NOS/c1-6(9-2)8-7(10-3)4-5-11-8/h4-6,9H,1-3H3. The highest BCUT2D eigenvalue weighted by molar-refractivity contribution is 7.10. The van der Waals surface area contributed by atoms with Crippen LogP contribution in [0.3, 0.4) is 0 Å². The van der Waals surface area contributed by atoms with Gasteiger partial charge in [-0.15, -0.1) is 11.3 Å². The van der Waals surface area contributed by atoms with Gasteiger partial charge in [-0.1, -0.05) is 0 Å². The number of ether oxygens (including phenoxy) is 1. The fourth-order valence-electron chi connectivity index (χ4n) is 0.925. The van der Waals surface area contributed by atoms with Gasteiger partial charge in [0.25, 0.3) is 0 Å². The average Bonchev–Trinajstić information content (AvgIpc) is 2.50. The lowest BCUT2D eigenvalue weighted by molar-refractivity contribution is 0.407. The van der Waals surface area contributed by atoms with Gasteiger partial charge in [0.05, 0.1) is 12.0 Å². The topological polar surface area (TPSA) is 21.3 Å². The molecule has 0 radical (unpaired) electrons. The van der Waals surface area contributed by atoms with E-state index in [1.54, 1.807) is 18.4 Å². The fourth-order valence-corrected chi connectivity index (χ4v) is 1.85. The van der Waals surface area contributed by atoms with Crippen molar-refractivity contribution in [1.82, 2.24) is 5.32 Å². The first-order chi connectivity index (χ1) is 5.29. The molecule has 62 valence electrons. The van der Waals surface area contributed by atoms with Crippen molar-refractivity contribution in [2.24, 2.45) is 0 Å². The quantitative estimate of drug-likeness (QED) is 0.751. The highest BCUT2D eigenvalue weighted by Gasteiger charge is 2.09. The molecule has 1 rings (SSSR count). The molecule has 0 spiro atoms. The van der Waals surface area contributed by atoms with Crippen LogP contribution in [0.25, 0.3) is 0 Å². The largest absolute Gasteiger partial charge is 0.496 e. The highest BCUT2D eigenvalue weighted by atomic mass is 32.1. The van der Waals surface area contributed by atoms with E-state index in [9.17, 15) is 0 Å². The lowest BCUT2D eigenvalue weighted by Crippen LogP contribution is -2.11. The van der Waals surface area contributed by atoms with Gasteiger partial charge in [-0.25, -0.2) is 0 Å². The summed E-state index contributed by atoms with van der Waals surface area (Å²) in [5.41, 5.74) is 0. The van der Waals surface area contributed by atoms with Crippen LogP contribution < -0.4 is 10.1 Å². The van der Waals surface area contributed by atoms with Crippen molar-refractivity contribution in [3.63, 3.8) is 0 Å². The molecule has 0 saturated heterocycles. The number of hydrogen-bond acceptors (Lipinski definition) is 3. The number of thiophene rings is 1. The smallest absolute Gasteiger partial charge is 0.134 e. The predicted octanol–water partition coefficient (Wildman–Crippen LogP) is 2.04. The van der Waals surface area contributed by atoms with E-state index in [2.05, 4.69) is 12.2 Å². The van der Waals surface area contributed by atoms with Crippen molar-refractivity contribution >= 4 is 11.3 Å². The zero-order valence-corrected chi connectivity index (χ0v) is 7.87. The van der Waals surface area contributed by atoms with Gasteiger partial charge in [-0.2, -0.15) is 0 Å². The van der Waals surface area contributed by atoms with Crippen molar-refractivity contribution in [3.8, 4) is 5.75 Å². The van der Waals surface area contributed by atoms with Gasteiger partial charge >= 0.3 is 0 Å². The third-order valence-corrected chi connectivity index (χ3v) is 2.78. The maximum absolute atomic E-state index is 5.18. The summed E-state index contributed by atoms with van der Waals surface area (Å²) in [5, 5.41) is 5.22. The van der Waals surface area contributed by atoms with Crippen LogP contribution in [0.15, 0.2) is 11.4 Å². The molecule has 0 amide bonds. The molecule has 0 bridgehead atoms. The van der Waals surface area contributed by atoms with Crippen LogP contribution >= 0.6 is 11.3 Å². The van der Waals surface area contributed by atoms with Crippen LogP contribution in [0.5, 0.6) is 5.75 Å². The van der Waals surface area contributed by atoms with E-state index in [4.69, 9.17) is 4.74 Å². The molecule has 2 nitrogen and oxygen atoms in total. The Hall–Kier alpha value is -0.540. The van der Waals surface area contributed by atoms with Gasteiger partial charge in [0.2, 0.25) is 0 Å². The second-order valence-corrected chi connectivity index (χ2v) is 3.31. The lowest BCUT2D eigenvalue weighted by atomic mass is 10.2. The van der Waals surface area contributed by atoms with Crippen molar-refractivity contribution in [3.05, 3.63) is 16.3 Å². The van der Waals surface area contributed by atoms with Gasteiger partial charge in [0.15, 0.2) is 0 Å². The van der Waals surface area contributed by atoms with Crippen molar-refractivity contribution in [1.29, 1.82) is 0 Å². The summed E-state index contributed by atoms with van der Waals surface area (Å²) >= 11 is 1.72. The summed E-state index contributed by atoms with van der Waals surface area (Å²) in [7, 11) is 3.65. The molecule has 1 aromatic rings. The van der Waals surface area contributed by atoms with Crippen LogP contribution in [0, 0.1) is 0 Å². The van der Waals surface area contributed by atoms with Gasteiger partial charge in [0.1, 0.15) is 5.75 Å². The Labute approximate surface area is 71.2 Å². The van der Waals surface area contributed by atoms with Crippen LogP contribution in [0.2, 0.25) is 0 Å². The molecule has 1 atom stereocenters. The Bertz CT molecular complexity index is 222. The van der Waals surface area contributed by atoms with Crippen molar-refractivity contribution in [2.75, 3.05) is 14.2 Å². The second kappa shape index (κ2) is 3.74. The third-order valence-electron chi connectivity index (χ3n) is 1.70. The second-order valence-electron chi connectivity index (χ2n) is 2.36. The monoisotopic (exact) mass is 171 g/mol. The van der Waals surface area contributed by atoms with E-state index < -0.39 is 0 Å². The summed E-state index contributed by atoms with van der Waals surface area (Å²) in [4.78, 5) is 1.26. The first kappa shape index (κ1) is 8.56. The Morgan fingerprint density at radius 2 is 2.36 bits per heavy atom. The van der Waals surface area contributed by atoms with Gasteiger partial charge < -0.3 is 10.1 Å². The normalized spacial score (nSPS) is 13.0. The SMILES string of the molecule is CNC(C)c1sccc1OC. The van der Waals surface area contributed by atoms with Gasteiger partial charge in [0, 0.05) is 6.04 Å². The van der Waals surface area contributed by atoms with E-state index in [0.29, 0.717) is 6.04 Å². The van der Waals surface area contributed by atoms with Crippen LogP contribution in [-0.2, 0) is 0 Å². The first-order valence-corrected chi connectivity index (χ1v) is 4.46. The Balaban J connectivity index is 2.83. The lowest BCUT2D eigenvalue weighted by Gasteiger charge is -2.09. The Morgan fingerprint density at radius 3 is 2.91 bits per heavy atom. The molecular formula is C8H13NOS. The van der Waals surface area contributed by atoms with Crippen molar-refractivity contribution < 1.29 is 4.74 Å². The summed E-state index contributed by atoms with van der Waals surface area (Å²) in [5.74, 6) is 0.983. The number of hydrogen-bond donors (Lipinski definition) is 1. The molecule has 0 fully saturated rings. The highest BCUT2D eigenvalue weighted by Crippen LogP contribution is 2.29. The molecular weight excluding hydrogens is 158 g/mol. The van der Waals surface area contributed by atoms with Crippen LogP contribution in [-0.4, -0.2) is 14.2 Å². The number of nitrogens with one attached hydrogen (secondary N) is 1. The zero-order valence-electron chi connectivity index (χ0n) is 7.05. The summed E-state index contributed by atoms with van der Waals surface area (Å²) in [6.45, 7) is 2.12. The molecule has 1 aromatic heterocycles. The average molecular weight is 171 g/mol. The number of methoxy groups -OCH3 is 1. The first-order valence-electron chi connectivity index (χ1n) is 3.58. The van der Waals surface area contributed by atoms with Gasteiger partial charge in [-0.3, -0.25) is 0 Å². The minimum absolute atomic E-state index is 0.380. The van der Waals surface area contributed by atoms with E-state index in [-0.39, 0.29) is 0 Å². The maximum atomic E-state index is 5.18. The fraction of sp³-hybridized carbons (Fsp3) is 0.500. The molecule has 1 unspecified atom stereocenters. The molecule has 3 heteroatoms. The Morgan fingerprint density at radius 1 is 1.64 bits per heavy atom. The zero-order chi connectivity index (χ0) is 8.27. The minimum Gasteiger partial charge on any atom is -0.496 e. The number of rotatable bonds is 3. The molecule has 0 saturated carbocycles. The molecule has 0 aliphatic heterocycles. The van der Waals surface area contributed by atoms with Crippen LogP contribution in [0.1, 0.15) is 17.8 Å². The molecule has 11 heavy (non-hydrogen) atoms. The summed E-state index contributed by atoms with van der Waals surface area (Å²) < 4.78 is 5.18. The molecule has 0 aliphatic rings. The molecule has 0 aromatic carbocycles. The Kier molecular flexibility index (Phi) is 2.91. The van der Waals surface area contributed by atoms with E-state index in [1.165, 1.54) is 4.88 Å². The minimum atomic E-state index is 0.380. The van der Waals surface area contributed by atoms with Crippen molar-refractivity contribution in [2.45, 2.75) is 13.0 Å². The van der Waals surface area contributed by atoms with Gasteiger partial charge in [-0.05, 0) is 25.4 Å². The molecule has 1 N–H and O–H groups in total. The van der Waals surface area contributed by atoms with E-state index in [0.717, 1.165) is 5.75 Å².